The van der Waals surface area contributed by atoms with E-state index in [2.05, 4.69) is 5.32 Å². The summed E-state index contributed by atoms with van der Waals surface area (Å²) in [4.78, 5) is 40.7. The number of benzene rings is 2. The van der Waals surface area contributed by atoms with Gasteiger partial charge in [-0.1, -0.05) is 69.3 Å². The van der Waals surface area contributed by atoms with Crippen LogP contribution in [0.3, 0.4) is 0 Å². The Kier molecular flexibility index (Phi) is 11.5. The average Bonchev–Trinajstić information content (AvgIpc) is 3.36. The average molecular weight is 555 g/mol. The number of nitrogens with one attached hydrogen (secondary N) is 1. The van der Waals surface area contributed by atoms with Gasteiger partial charge in [-0.25, -0.2) is 4.79 Å². The third-order valence-corrected chi connectivity index (χ3v) is 6.93. The van der Waals surface area contributed by atoms with Crippen molar-refractivity contribution in [2.45, 2.75) is 71.2 Å². The number of ether oxygens (including phenoxy) is 3. The summed E-state index contributed by atoms with van der Waals surface area (Å²) in [6.07, 6.45) is 1.54. The number of hydrogen-bond acceptors (Lipinski definition) is 7. The normalized spacial score (nSPS) is 17.9. The molecule has 40 heavy (non-hydrogen) atoms. The topological polar surface area (TPSA) is 114 Å². The molecule has 1 heterocycles. The number of aromatic hydroxyl groups is 1. The Morgan fingerprint density at radius 1 is 1.02 bits per heavy atom. The smallest absolute Gasteiger partial charge is 0.328 e. The Bertz CT molecular complexity index is 1120. The lowest BCUT2D eigenvalue weighted by Gasteiger charge is -2.35. The SMILES string of the molecule is COC(=O)[C@@H]1C[C@@H](OCCCCOCc2ccccc2)CN1C(=O)[C@@H](NC(=O)Cc1ccccc1O)C(C)(C)C. The van der Waals surface area contributed by atoms with Gasteiger partial charge in [0, 0.05) is 31.7 Å². The van der Waals surface area contributed by atoms with E-state index in [1.54, 1.807) is 18.2 Å². The first-order valence-electron chi connectivity index (χ1n) is 13.8. The fourth-order valence-corrected chi connectivity index (χ4v) is 4.70. The van der Waals surface area contributed by atoms with Crippen LogP contribution in [0.2, 0.25) is 0 Å². The highest BCUT2D eigenvalue weighted by Crippen LogP contribution is 2.28. The van der Waals surface area contributed by atoms with Gasteiger partial charge in [0.15, 0.2) is 0 Å². The molecule has 218 valence electrons. The number of phenols is 1. The molecule has 2 aromatic rings. The summed E-state index contributed by atoms with van der Waals surface area (Å²) >= 11 is 0. The molecule has 0 radical (unpaired) electrons. The molecule has 1 aliphatic heterocycles. The number of carbonyl (C=O) groups excluding carboxylic acids is 3. The predicted octanol–water partition coefficient (Wildman–Crippen LogP) is 3.62. The van der Waals surface area contributed by atoms with E-state index in [9.17, 15) is 19.5 Å². The number of likely N-dealkylation sites (tertiary alicyclic amines) is 1. The van der Waals surface area contributed by atoms with Crippen molar-refractivity contribution in [2.24, 2.45) is 5.41 Å². The lowest BCUT2D eigenvalue weighted by atomic mass is 9.85. The summed E-state index contributed by atoms with van der Waals surface area (Å²) in [6.45, 7) is 7.46. The molecule has 3 rings (SSSR count). The lowest BCUT2D eigenvalue weighted by molar-refractivity contribution is -0.153. The number of unbranched alkanes of at least 4 members (excludes halogenated alkanes) is 1. The van der Waals surface area contributed by atoms with E-state index in [-0.39, 0.29) is 30.7 Å². The number of rotatable bonds is 13. The summed E-state index contributed by atoms with van der Waals surface area (Å²) in [7, 11) is 1.30. The van der Waals surface area contributed by atoms with Gasteiger partial charge < -0.3 is 29.5 Å². The van der Waals surface area contributed by atoms with Gasteiger partial charge in [-0.3, -0.25) is 9.59 Å². The molecule has 0 aromatic heterocycles. The molecular weight excluding hydrogens is 512 g/mol. The van der Waals surface area contributed by atoms with Crippen LogP contribution >= 0.6 is 0 Å². The first-order valence-corrected chi connectivity index (χ1v) is 13.8. The minimum absolute atomic E-state index is 0.0179. The van der Waals surface area contributed by atoms with Crippen LogP contribution in [-0.2, 0) is 41.6 Å². The van der Waals surface area contributed by atoms with E-state index in [4.69, 9.17) is 14.2 Å². The molecule has 0 spiro atoms. The Balaban J connectivity index is 1.54. The van der Waals surface area contributed by atoms with Gasteiger partial charge in [-0.2, -0.15) is 0 Å². The van der Waals surface area contributed by atoms with E-state index in [1.165, 1.54) is 18.1 Å². The number of para-hydroxylation sites is 1. The molecule has 1 fully saturated rings. The Labute approximate surface area is 236 Å². The zero-order chi connectivity index (χ0) is 29.1. The van der Waals surface area contributed by atoms with E-state index < -0.39 is 29.4 Å². The van der Waals surface area contributed by atoms with Crippen molar-refractivity contribution in [1.29, 1.82) is 0 Å². The minimum Gasteiger partial charge on any atom is -0.508 e. The van der Waals surface area contributed by atoms with Crippen molar-refractivity contribution < 1.29 is 33.7 Å². The molecule has 3 atom stereocenters. The van der Waals surface area contributed by atoms with Crippen LogP contribution in [0.4, 0.5) is 0 Å². The van der Waals surface area contributed by atoms with Crippen molar-refractivity contribution in [3.63, 3.8) is 0 Å². The van der Waals surface area contributed by atoms with Crippen molar-refractivity contribution >= 4 is 17.8 Å². The van der Waals surface area contributed by atoms with Gasteiger partial charge in [0.2, 0.25) is 11.8 Å². The van der Waals surface area contributed by atoms with Crippen LogP contribution in [-0.4, -0.2) is 72.8 Å². The Hall–Kier alpha value is -3.43. The largest absolute Gasteiger partial charge is 0.508 e. The first kappa shape index (κ1) is 31.1. The molecule has 0 bridgehead atoms. The molecule has 9 heteroatoms. The van der Waals surface area contributed by atoms with Crippen LogP contribution in [0.5, 0.6) is 5.75 Å². The second-order valence-corrected chi connectivity index (χ2v) is 11.2. The van der Waals surface area contributed by atoms with Gasteiger partial charge in [0.05, 0.1) is 26.2 Å². The van der Waals surface area contributed by atoms with Crippen LogP contribution in [0.15, 0.2) is 54.6 Å². The molecule has 0 saturated carbocycles. The van der Waals surface area contributed by atoms with Crippen molar-refractivity contribution in [2.75, 3.05) is 26.9 Å². The molecule has 2 amide bonds. The first-order chi connectivity index (χ1) is 19.1. The van der Waals surface area contributed by atoms with Crippen molar-refractivity contribution in [1.82, 2.24) is 10.2 Å². The number of hydrogen-bond donors (Lipinski definition) is 2. The molecule has 9 nitrogen and oxygen atoms in total. The Morgan fingerprint density at radius 3 is 2.38 bits per heavy atom. The summed E-state index contributed by atoms with van der Waals surface area (Å²) in [5.74, 6) is -1.26. The minimum atomic E-state index is -0.890. The molecule has 1 saturated heterocycles. The molecule has 1 aliphatic rings. The summed E-state index contributed by atoms with van der Waals surface area (Å²) in [5.41, 5.74) is 0.962. The van der Waals surface area contributed by atoms with Gasteiger partial charge in [-0.15, -0.1) is 0 Å². The van der Waals surface area contributed by atoms with E-state index in [0.717, 1.165) is 18.4 Å². The standard InChI is InChI=1S/C31H42N2O7/c1-31(2,3)28(32-27(35)18-23-14-8-9-15-26(23)34)29(36)33-20-24(19-25(33)30(37)38-4)40-17-11-10-16-39-21-22-12-6-5-7-13-22/h5-9,12-15,24-25,28,34H,10-11,16-21H2,1-4H3,(H,32,35)/t24-,25+,28-/m1/s1. The molecular formula is C31H42N2O7. The van der Waals surface area contributed by atoms with Crippen LogP contribution in [0.1, 0.15) is 51.2 Å². The zero-order valence-electron chi connectivity index (χ0n) is 23.9. The third-order valence-electron chi connectivity index (χ3n) is 6.93. The molecule has 0 unspecified atom stereocenters. The van der Waals surface area contributed by atoms with Gasteiger partial charge in [0.25, 0.3) is 0 Å². The Morgan fingerprint density at radius 2 is 1.70 bits per heavy atom. The number of amides is 2. The summed E-state index contributed by atoms with van der Waals surface area (Å²) < 4.78 is 16.7. The second kappa shape index (κ2) is 14.8. The number of methoxy groups -OCH3 is 1. The second-order valence-electron chi connectivity index (χ2n) is 11.2. The van der Waals surface area contributed by atoms with Crippen molar-refractivity contribution in [3.8, 4) is 5.75 Å². The summed E-state index contributed by atoms with van der Waals surface area (Å²) in [6, 6.07) is 14.9. The van der Waals surface area contributed by atoms with Crippen LogP contribution in [0.25, 0.3) is 0 Å². The fourth-order valence-electron chi connectivity index (χ4n) is 4.70. The molecule has 2 aromatic carbocycles. The van der Waals surface area contributed by atoms with Crippen LogP contribution < -0.4 is 5.32 Å². The molecule has 0 aliphatic carbocycles. The summed E-state index contributed by atoms with van der Waals surface area (Å²) in [5, 5.41) is 12.9. The quantitative estimate of drug-likeness (QED) is 0.287. The number of nitrogens with zero attached hydrogens (tertiary/aromatic N) is 1. The van der Waals surface area contributed by atoms with Gasteiger partial charge in [-0.05, 0) is 29.9 Å². The fraction of sp³-hybridized carbons (Fsp3) is 0.516. The highest BCUT2D eigenvalue weighted by atomic mass is 16.5. The highest BCUT2D eigenvalue weighted by Gasteiger charge is 2.45. The van der Waals surface area contributed by atoms with Crippen molar-refractivity contribution in [3.05, 3.63) is 65.7 Å². The van der Waals surface area contributed by atoms with Gasteiger partial charge in [0.1, 0.15) is 17.8 Å². The predicted molar refractivity (Wildman–Crippen MR) is 150 cm³/mol. The number of phenolic OH excluding ortho intramolecular Hbond substituents is 1. The maximum absolute atomic E-state index is 13.8. The highest BCUT2D eigenvalue weighted by molar-refractivity contribution is 5.92. The third kappa shape index (κ3) is 9.06. The number of carbonyl (C=O) groups is 3. The van der Waals surface area contributed by atoms with Crippen LogP contribution in [0, 0.1) is 5.41 Å². The van der Waals surface area contributed by atoms with E-state index in [0.29, 0.717) is 31.8 Å². The molecule has 2 N–H and O–H groups in total. The van der Waals surface area contributed by atoms with Gasteiger partial charge >= 0.3 is 5.97 Å². The maximum Gasteiger partial charge on any atom is 0.328 e. The monoisotopic (exact) mass is 554 g/mol. The number of esters is 1. The van der Waals surface area contributed by atoms with E-state index in [1.807, 2.05) is 51.1 Å². The van der Waals surface area contributed by atoms with E-state index >= 15 is 0 Å². The maximum atomic E-state index is 13.8. The lowest BCUT2D eigenvalue weighted by Crippen LogP contribution is -2.57. The zero-order valence-corrected chi connectivity index (χ0v) is 23.9.